The zero-order valence-electron chi connectivity index (χ0n) is 12.0. The summed E-state index contributed by atoms with van der Waals surface area (Å²) in [6.45, 7) is 0.436. The van der Waals surface area contributed by atoms with Gasteiger partial charge in [0, 0.05) is 25.7 Å². The number of rotatable bonds is 6. The molecule has 0 aromatic heterocycles. The van der Waals surface area contributed by atoms with Crippen molar-refractivity contribution < 1.29 is 19.1 Å². The van der Waals surface area contributed by atoms with Crippen LogP contribution in [-0.2, 0) is 9.53 Å². The third kappa shape index (κ3) is 3.88. The summed E-state index contributed by atoms with van der Waals surface area (Å²) >= 11 is 0. The zero-order valence-corrected chi connectivity index (χ0v) is 12.0. The first-order chi connectivity index (χ1) is 9.51. The molecule has 1 amide bonds. The predicted molar refractivity (Wildman–Crippen MR) is 75.6 cm³/mol. The number of methoxy groups -OCH3 is 2. The van der Waals surface area contributed by atoms with Gasteiger partial charge in [-0.05, 0) is 18.6 Å². The Balaban J connectivity index is 2.72. The molecular formula is C14H20N2O4. The van der Waals surface area contributed by atoms with Crippen molar-refractivity contribution in [3.05, 3.63) is 23.8 Å². The van der Waals surface area contributed by atoms with Crippen LogP contribution in [0.25, 0.3) is 0 Å². The van der Waals surface area contributed by atoms with E-state index in [0.717, 1.165) is 0 Å². The first kappa shape index (κ1) is 15.8. The van der Waals surface area contributed by atoms with E-state index in [1.807, 2.05) is 0 Å². The highest BCUT2D eigenvalue weighted by Gasteiger charge is 2.19. The van der Waals surface area contributed by atoms with Crippen LogP contribution < -0.4 is 10.5 Å². The van der Waals surface area contributed by atoms with Gasteiger partial charge in [-0.2, -0.15) is 0 Å². The van der Waals surface area contributed by atoms with Crippen LogP contribution >= 0.6 is 0 Å². The molecule has 2 N–H and O–H groups in total. The molecule has 0 saturated carbocycles. The smallest absolute Gasteiger partial charge is 0.305 e. The van der Waals surface area contributed by atoms with Gasteiger partial charge < -0.3 is 20.1 Å². The molecule has 0 bridgehead atoms. The largest absolute Gasteiger partial charge is 0.496 e. The Kier molecular flexibility index (Phi) is 5.83. The second-order valence-electron chi connectivity index (χ2n) is 4.33. The number of nitrogen functional groups attached to an aromatic ring is 1. The van der Waals surface area contributed by atoms with Crippen molar-refractivity contribution in [1.82, 2.24) is 4.90 Å². The second-order valence-corrected chi connectivity index (χ2v) is 4.33. The van der Waals surface area contributed by atoms with Crippen LogP contribution in [-0.4, -0.2) is 44.6 Å². The van der Waals surface area contributed by atoms with E-state index in [1.165, 1.54) is 19.1 Å². The number of hydrogen-bond donors (Lipinski definition) is 1. The second kappa shape index (κ2) is 7.37. The topological polar surface area (TPSA) is 81.9 Å². The SMILES string of the molecule is COC(=O)CCCN(C)C(=O)c1c(N)cccc1OC. The standard InChI is InChI=1S/C14H20N2O4/c1-16(9-5-8-12(17)20-3)14(18)13-10(15)6-4-7-11(13)19-2/h4,6-7H,5,8-9,15H2,1-3H3. The molecule has 0 atom stereocenters. The minimum atomic E-state index is -0.289. The van der Waals surface area contributed by atoms with Crippen LogP contribution in [0.4, 0.5) is 5.69 Å². The van der Waals surface area contributed by atoms with Gasteiger partial charge in [-0.1, -0.05) is 6.07 Å². The van der Waals surface area contributed by atoms with Crippen LogP contribution in [0.2, 0.25) is 0 Å². The maximum absolute atomic E-state index is 12.3. The van der Waals surface area contributed by atoms with Gasteiger partial charge in [0.25, 0.3) is 5.91 Å². The van der Waals surface area contributed by atoms with E-state index >= 15 is 0 Å². The summed E-state index contributed by atoms with van der Waals surface area (Å²) in [5.41, 5.74) is 6.55. The quantitative estimate of drug-likeness (QED) is 0.627. The summed E-state index contributed by atoms with van der Waals surface area (Å²) in [5, 5.41) is 0. The van der Waals surface area contributed by atoms with E-state index in [9.17, 15) is 9.59 Å². The zero-order chi connectivity index (χ0) is 15.1. The van der Waals surface area contributed by atoms with Gasteiger partial charge >= 0.3 is 5.97 Å². The number of nitrogens with zero attached hydrogens (tertiary/aromatic N) is 1. The molecule has 0 fully saturated rings. The van der Waals surface area contributed by atoms with Gasteiger partial charge in [-0.25, -0.2) is 0 Å². The average molecular weight is 280 g/mol. The van der Waals surface area contributed by atoms with Crippen molar-refractivity contribution in [3.8, 4) is 5.75 Å². The van der Waals surface area contributed by atoms with Crippen LogP contribution in [0.3, 0.4) is 0 Å². The fourth-order valence-corrected chi connectivity index (χ4v) is 1.80. The maximum Gasteiger partial charge on any atom is 0.305 e. The molecule has 110 valence electrons. The summed E-state index contributed by atoms with van der Waals surface area (Å²) < 4.78 is 9.71. The lowest BCUT2D eigenvalue weighted by atomic mass is 10.1. The van der Waals surface area contributed by atoms with Gasteiger partial charge in [-0.15, -0.1) is 0 Å². The molecule has 1 aromatic carbocycles. The Labute approximate surface area is 118 Å². The molecule has 0 unspecified atom stereocenters. The summed E-state index contributed by atoms with van der Waals surface area (Å²) in [6, 6.07) is 5.06. The van der Waals surface area contributed by atoms with Crippen LogP contribution in [0.5, 0.6) is 5.75 Å². The first-order valence-corrected chi connectivity index (χ1v) is 6.26. The number of carbonyl (C=O) groups excluding carboxylic acids is 2. The van der Waals surface area contributed by atoms with Crippen LogP contribution in [0.1, 0.15) is 23.2 Å². The third-order valence-electron chi connectivity index (χ3n) is 2.94. The van der Waals surface area contributed by atoms with Crippen LogP contribution in [0.15, 0.2) is 18.2 Å². The number of hydrogen-bond acceptors (Lipinski definition) is 5. The number of carbonyl (C=O) groups is 2. The van der Waals surface area contributed by atoms with E-state index in [1.54, 1.807) is 25.2 Å². The summed E-state index contributed by atoms with van der Waals surface area (Å²) in [7, 11) is 4.49. The molecule has 0 saturated heterocycles. The van der Waals surface area contributed by atoms with Gasteiger partial charge in [0.15, 0.2) is 0 Å². The van der Waals surface area contributed by atoms with Crippen molar-refractivity contribution in [3.63, 3.8) is 0 Å². The molecule has 0 aliphatic carbocycles. The molecular weight excluding hydrogens is 260 g/mol. The highest BCUT2D eigenvalue weighted by molar-refractivity contribution is 6.01. The molecule has 6 heteroatoms. The van der Waals surface area contributed by atoms with E-state index in [-0.39, 0.29) is 18.3 Å². The third-order valence-corrected chi connectivity index (χ3v) is 2.94. The lowest BCUT2D eigenvalue weighted by Gasteiger charge is -2.19. The molecule has 0 heterocycles. The fraction of sp³-hybridized carbons (Fsp3) is 0.429. The summed E-state index contributed by atoms with van der Waals surface area (Å²) in [5.74, 6) is -0.0812. The fourth-order valence-electron chi connectivity index (χ4n) is 1.80. The Morgan fingerprint density at radius 2 is 2.00 bits per heavy atom. The monoisotopic (exact) mass is 280 g/mol. The number of anilines is 1. The Hall–Kier alpha value is -2.24. The number of esters is 1. The highest BCUT2D eigenvalue weighted by Crippen LogP contribution is 2.25. The van der Waals surface area contributed by atoms with Crippen molar-refractivity contribution in [2.75, 3.05) is 33.5 Å². The Morgan fingerprint density at radius 1 is 1.30 bits per heavy atom. The summed E-state index contributed by atoms with van der Waals surface area (Å²) in [6.07, 6.45) is 0.805. The lowest BCUT2D eigenvalue weighted by Crippen LogP contribution is -2.29. The van der Waals surface area contributed by atoms with Crippen molar-refractivity contribution in [2.45, 2.75) is 12.8 Å². The lowest BCUT2D eigenvalue weighted by molar-refractivity contribution is -0.140. The highest BCUT2D eigenvalue weighted by atomic mass is 16.5. The normalized spacial score (nSPS) is 9.95. The van der Waals surface area contributed by atoms with E-state index in [2.05, 4.69) is 4.74 Å². The molecule has 0 aliphatic heterocycles. The molecule has 6 nitrogen and oxygen atoms in total. The van der Waals surface area contributed by atoms with Crippen molar-refractivity contribution >= 4 is 17.6 Å². The minimum Gasteiger partial charge on any atom is -0.496 e. The van der Waals surface area contributed by atoms with Gasteiger partial charge in [0.2, 0.25) is 0 Å². The predicted octanol–water partition coefficient (Wildman–Crippen LogP) is 1.30. The van der Waals surface area contributed by atoms with E-state index in [0.29, 0.717) is 30.0 Å². The number of amides is 1. The van der Waals surface area contributed by atoms with Gasteiger partial charge in [0.05, 0.1) is 14.2 Å². The molecule has 0 spiro atoms. The van der Waals surface area contributed by atoms with Crippen molar-refractivity contribution in [1.29, 1.82) is 0 Å². The van der Waals surface area contributed by atoms with Crippen molar-refractivity contribution in [2.24, 2.45) is 0 Å². The average Bonchev–Trinajstić information content (AvgIpc) is 2.45. The van der Waals surface area contributed by atoms with Gasteiger partial charge in [-0.3, -0.25) is 9.59 Å². The molecule has 1 rings (SSSR count). The van der Waals surface area contributed by atoms with Crippen LogP contribution in [0, 0.1) is 0 Å². The van der Waals surface area contributed by atoms with E-state index in [4.69, 9.17) is 10.5 Å². The first-order valence-electron chi connectivity index (χ1n) is 6.26. The van der Waals surface area contributed by atoms with Gasteiger partial charge in [0.1, 0.15) is 11.3 Å². The number of benzene rings is 1. The Morgan fingerprint density at radius 3 is 2.60 bits per heavy atom. The molecule has 0 radical (unpaired) electrons. The molecule has 20 heavy (non-hydrogen) atoms. The minimum absolute atomic E-state index is 0.232. The summed E-state index contributed by atoms with van der Waals surface area (Å²) in [4.78, 5) is 24.9. The Bertz CT molecular complexity index is 488. The van der Waals surface area contributed by atoms with E-state index < -0.39 is 0 Å². The number of ether oxygens (including phenoxy) is 2. The number of nitrogens with two attached hydrogens (primary N) is 1. The molecule has 0 aliphatic rings. The maximum atomic E-state index is 12.3. The molecule has 1 aromatic rings.